The lowest BCUT2D eigenvalue weighted by atomic mass is 9.77. The number of para-hydroxylation sites is 2. The Hall–Kier alpha value is -3.66. The second-order valence-electron chi connectivity index (χ2n) is 9.64. The summed E-state index contributed by atoms with van der Waals surface area (Å²) < 4.78 is 11.3. The summed E-state index contributed by atoms with van der Waals surface area (Å²) in [7, 11) is 1.54. The van der Waals surface area contributed by atoms with Crippen molar-refractivity contribution in [1.29, 1.82) is 0 Å². The van der Waals surface area contributed by atoms with Crippen LogP contribution in [0, 0.1) is 0 Å². The Morgan fingerprint density at radius 1 is 1.16 bits per heavy atom. The summed E-state index contributed by atoms with van der Waals surface area (Å²) in [6.45, 7) is 0.466. The molecule has 4 unspecified atom stereocenters. The number of carbonyl (C=O) groups excluding carboxylic acids is 2. The van der Waals surface area contributed by atoms with Gasteiger partial charge < -0.3 is 34.9 Å². The smallest absolute Gasteiger partial charge is 0.247 e. The average Bonchev–Trinajstić information content (AvgIpc) is 3.53. The normalized spacial score (nSPS) is 21.8. The van der Waals surface area contributed by atoms with E-state index in [0.717, 1.165) is 22.2 Å². The van der Waals surface area contributed by atoms with Gasteiger partial charge in [-0.3, -0.25) is 9.59 Å². The molecule has 3 aromatic rings. The van der Waals surface area contributed by atoms with Crippen LogP contribution in [-0.2, 0) is 20.7 Å². The molecule has 2 amide bonds. The Labute approximate surface area is 221 Å². The standard InChI is InChI=1S/C29H33N3O6/c1-37-15-11-25(34)32(13-10-19-16-18-6-2-4-8-22(18)31-19)23-17-21(29(36)30-12-14-33)26-20-7-3-5-9-24(20)38-28(26)27(23)35/h2-9,16-17,23,26-28,31,33,35H,10-15H2,1H3,(H,30,36). The molecule has 9 nitrogen and oxygen atoms in total. The van der Waals surface area contributed by atoms with E-state index in [-0.39, 0.29) is 38.0 Å². The fourth-order valence-electron chi connectivity index (χ4n) is 5.47. The van der Waals surface area contributed by atoms with Crippen LogP contribution in [0.2, 0.25) is 0 Å². The van der Waals surface area contributed by atoms with Gasteiger partial charge in [-0.25, -0.2) is 0 Å². The Bertz CT molecular complexity index is 1300. The Morgan fingerprint density at radius 2 is 1.95 bits per heavy atom. The Balaban J connectivity index is 1.48. The molecule has 2 heterocycles. The predicted molar refractivity (Wildman–Crippen MR) is 142 cm³/mol. The van der Waals surface area contributed by atoms with Gasteiger partial charge in [-0.1, -0.05) is 36.4 Å². The van der Waals surface area contributed by atoms with Crippen molar-refractivity contribution in [2.24, 2.45) is 0 Å². The molecule has 9 heteroatoms. The second-order valence-corrected chi connectivity index (χ2v) is 9.64. The third-order valence-corrected chi connectivity index (χ3v) is 7.29. The van der Waals surface area contributed by atoms with Crippen LogP contribution in [0.3, 0.4) is 0 Å². The number of aromatic nitrogens is 1. The molecule has 0 radical (unpaired) electrons. The quantitative estimate of drug-likeness (QED) is 0.324. The molecular formula is C29H33N3O6. The van der Waals surface area contributed by atoms with Crippen molar-refractivity contribution in [3.63, 3.8) is 0 Å². The number of aliphatic hydroxyl groups excluding tert-OH is 2. The van der Waals surface area contributed by atoms with Crippen molar-refractivity contribution >= 4 is 22.7 Å². The maximum Gasteiger partial charge on any atom is 0.247 e. The molecule has 0 saturated carbocycles. The number of H-pyrrole nitrogens is 1. The molecule has 0 saturated heterocycles. The topological polar surface area (TPSA) is 124 Å². The van der Waals surface area contributed by atoms with Gasteiger partial charge in [0.25, 0.3) is 0 Å². The molecule has 1 aliphatic carbocycles. The van der Waals surface area contributed by atoms with Crippen molar-refractivity contribution in [3.05, 3.63) is 77.5 Å². The van der Waals surface area contributed by atoms with Crippen LogP contribution in [0.25, 0.3) is 10.9 Å². The van der Waals surface area contributed by atoms with E-state index >= 15 is 0 Å². The predicted octanol–water partition coefficient (Wildman–Crippen LogP) is 1.90. The summed E-state index contributed by atoms with van der Waals surface area (Å²) in [5.41, 5.74) is 3.21. The number of rotatable bonds is 10. The van der Waals surface area contributed by atoms with Gasteiger partial charge in [-0.2, -0.15) is 0 Å². The molecule has 1 aliphatic heterocycles. The monoisotopic (exact) mass is 519 g/mol. The average molecular weight is 520 g/mol. The lowest BCUT2D eigenvalue weighted by molar-refractivity contribution is -0.138. The van der Waals surface area contributed by atoms with E-state index in [1.165, 1.54) is 7.11 Å². The summed E-state index contributed by atoms with van der Waals surface area (Å²) in [6, 6.07) is 16.7. The van der Waals surface area contributed by atoms with Gasteiger partial charge in [-0.05, 0) is 29.7 Å². The van der Waals surface area contributed by atoms with Crippen molar-refractivity contribution in [3.8, 4) is 5.75 Å². The minimum Gasteiger partial charge on any atom is -0.486 e. The highest BCUT2D eigenvalue weighted by molar-refractivity contribution is 5.96. The maximum absolute atomic E-state index is 13.4. The molecule has 0 fully saturated rings. The van der Waals surface area contributed by atoms with Gasteiger partial charge in [-0.15, -0.1) is 0 Å². The highest BCUT2D eigenvalue weighted by atomic mass is 16.5. The molecule has 4 N–H and O–H groups in total. The number of aliphatic hydroxyl groups is 2. The summed E-state index contributed by atoms with van der Waals surface area (Å²) in [4.78, 5) is 31.7. The van der Waals surface area contributed by atoms with Crippen molar-refractivity contribution < 1.29 is 29.3 Å². The SMILES string of the molecule is COCCC(=O)N(CCc1cc2ccccc2[nH]1)C1C=C(C(=O)NCCO)C2c3ccccc3OC2C1O. The van der Waals surface area contributed by atoms with E-state index in [1.54, 1.807) is 11.0 Å². The number of methoxy groups -OCH3 is 1. The molecule has 5 rings (SSSR count). The van der Waals surface area contributed by atoms with Gasteiger partial charge in [0.05, 0.1) is 31.6 Å². The second kappa shape index (κ2) is 11.4. The zero-order chi connectivity index (χ0) is 26.6. The van der Waals surface area contributed by atoms with Crippen LogP contribution in [0.5, 0.6) is 5.75 Å². The number of nitrogens with one attached hydrogen (secondary N) is 2. The van der Waals surface area contributed by atoms with Crippen LogP contribution < -0.4 is 10.1 Å². The first-order chi connectivity index (χ1) is 18.5. The summed E-state index contributed by atoms with van der Waals surface area (Å²) in [6.07, 6.45) is 0.576. The molecule has 2 aliphatic rings. The van der Waals surface area contributed by atoms with Crippen LogP contribution in [-0.4, -0.2) is 83.6 Å². The number of hydrogen-bond donors (Lipinski definition) is 4. The molecule has 4 atom stereocenters. The third-order valence-electron chi connectivity index (χ3n) is 7.29. The lowest BCUT2D eigenvalue weighted by Gasteiger charge is -2.40. The van der Waals surface area contributed by atoms with E-state index in [2.05, 4.69) is 16.4 Å². The molecule has 2 aromatic carbocycles. The number of hydrogen-bond acceptors (Lipinski definition) is 6. The van der Waals surface area contributed by atoms with Gasteiger partial charge in [0.15, 0.2) is 0 Å². The molecule has 38 heavy (non-hydrogen) atoms. The fraction of sp³-hybridized carbons (Fsp3) is 0.379. The van der Waals surface area contributed by atoms with Gasteiger partial charge >= 0.3 is 0 Å². The Kier molecular flexibility index (Phi) is 7.78. The highest BCUT2D eigenvalue weighted by Gasteiger charge is 2.50. The zero-order valence-corrected chi connectivity index (χ0v) is 21.3. The number of nitrogens with zero attached hydrogens (tertiary/aromatic N) is 1. The first-order valence-corrected chi connectivity index (χ1v) is 12.9. The van der Waals surface area contributed by atoms with Crippen LogP contribution >= 0.6 is 0 Å². The van der Waals surface area contributed by atoms with Crippen molar-refractivity contribution in [2.75, 3.05) is 33.4 Å². The molecule has 1 aromatic heterocycles. The molecule has 0 spiro atoms. The van der Waals surface area contributed by atoms with Gasteiger partial charge in [0.1, 0.15) is 18.0 Å². The largest absolute Gasteiger partial charge is 0.486 e. The summed E-state index contributed by atoms with van der Waals surface area (Å²) in [5.74, 6) is -0.419. The highest BCUT2D eigenvalue weighted by Crippen LogP contribution is 2.47. The van der Waals surface area contributed by atoms with E-state index < -0.39 is 24.2 Å². The zero-order valence-electron chi connectivity index (χ0n) is 21.3. The molecular weight excluding hydrogens is 486 g/mol. The molecule has 0 bridgehead atoms. The van der Waals surface area contributed by atoms with Crippen LogP contribution in [0.15, 0.2) is 66.2 Å². The summed E-state index contributed by atoms with van der Waals surface area (Å²) >= 11 is 0. The van der Waals surface area contributed by atoms with Gasteiger partial charge in [0, 0.05) is 49.0 Å². The first kappa shape index (κ1) is 26.0. The van der Waals surface area contributed by atoms with E-state index in [0.29, 0.717) is 24.3 Å². The number of aromatic amines is 1. The number of fused-ring (bicyclic) bond motifs is 4. The van der Waals surface area contributed by atoms with Crippen molar-refractivity contribution in [1.82, 2.24) is 15.2 Å². The number of carbonyl (C=O) groups is 2. The lowest BCUT2D eigenvalue weighted by Crippen LogP contribution is -2.56. The number of benzene rings is 2. The van der Waals surface area contributed by atoms with E-state index in [9.17, 15) is 19.8 Å². The van der Waals surface area contributed by atoms with E-state index in [4.69, 9.17) is 9.47 Å². The number of ether oxygens (including phenoxy) is 2. The first-order valence-electron chi connectivity index (χ1n) is 12.9. The molecule has 200 valence electrons. The fourth-order valence-corrected chi connectivity index (χ4v) is 5.47. The van der Waals surface area contributed by atoms with Crippen molar-refractivity contribution in [2.45, 2.75) is 37.0 Å². The minimum atomic E-state index is -1.06. The minimum absolute atomic E-state index is 0.0974. The van der Waals surface area contributed by atoms with Crippen LogP contribution in [0.4, 0.5) is 0 Å². The van der Waals surface area contributed by atoms with Gasteiger partial charge in [0.2, 0.25) is 11.8 Å². The van der Waals surface area contributed by atoms with E-state index in [1.807, 2.05) is 48.5 Å². The Morgan fingerprint density at radius 3 is 2.74 bits per heavy atom. The summed E-state index contributed by atoms with van der Waals surface area (Å²) in [5, 5.41) is 24.6. The third kappa shape index (κ3) is 5.05. The van der Waals surface area contributed by atoms with Crippen LogP contribution in [0.1, 0.15) is 23.6 Å². The maximum atomic E-state index is 13.4. The number of amides is 2.